The van der Waals surface area contributed by atoms with Gasteiger partial charge in [0.05, 0.1) is 25.8 Å². The van der Waals surface area contributed by atoms with Crippen molar-refractivity contribution in [3.63, 3.8) is 0 Å². The highest BCUT2D eigenvalue weighted by atomic mass is 16.6. The third kappa shape index (κ3) is 7.36. The fraction of sp³-hybridized carbons (Fsp3) is 0.361. The average molecular weight is 644 g/mol. The van der Waals surface area contributed by atoms with Gasteiger partial charge in [-0.1, -0.05) is 36.4 Å². The first kappa shape index (κ1) is 33.3. The van der Waals surface area contributed by atoms with E-state index in [0.717, 1.165) is 27.6 Å². The summed E-state index contributed by atoms with van der Waals surface area (Å²) >= 11 is 0. The van der Waals surface area contributed by atoms with E-state index in [1.54, 1.807) is 24.3 Å². The van der Waals surface area contributed by atoms with Gasteiger partial charge in [0.1, 0.15) is 29.3 Å². The molecule has 1 saturated heterocycles. The van der Waals surface area contributed by atoms with E-state index in [9.17, 15) is 19.5 Å². The topological polar surface area (TPSA) is 120 Å². The lowest BCUT2D eigenvalue weighted by atomic mass is 9.98. The number of aromatic hydroxyl groups is 1. The maximum absolute atomic E-state index is 13.2. The van der Waals surface area contributed by atoms with E-state index in [2.05, 4.69) is 4.90 Å². The number of nitrogens with zero attached hydrogens (tertiary/aromatic N) is 3. The molecule has 248 valence electrons. The van der Waals surface area contributed by atoms with E-state index in [-0.39, 0.29) is 30.5 Å². The molecule has 1 fully saturated rings. The predicted octanol–water partition coefficient (Wildman–Crippen LogP) is 6.43. The molecule has 47 heavy (non-hydrogen) atoms. The van der Waals surface area contributed by atoms with Crippen molar-refractivity contribution in [2.24, 2.45) is 0 Å². The summed E-state index contributed by atoms with van der Waals surface area (Å²) in [5, 5.41) is 11.6. The maximum atomic E-state index is 13.2. The fourth-order valence-electron chi connectivity index (χ4n) is 5.92. The van der Waals surface area contributed by atoms with Gasteiger partial charge in [-0.3, -0.25) is 9.47 Å². The first-order valence-corrected chi connectivity index (χ1v) is 15.4. The van der Waals surface area contributed by atoms with Gasteiger partial charge in [-0.2, -0.15) is 0 Å². The Kier molecular flexibility index (Phi) is 9.76. The number of methoxy groups -OCH3 is 2. The van der Waals surface area contributed by atoms with Crippen LogP contribution in [0.3, 0.4) is 0 Å². The highest BCUT2D eigenvalue weighted by Crippen LogP contribution is 2.37. The molecule has 5 rings (SSSR count). The molecule has 2 heterocycles. The SMILES string of the molecule is COC(=O)c1ccc(C2CN(C(=O)OCc3ccccc3)CCN2Cc2c(OC)cc(C)c3c2ccn3C(=O)OC(C)(C)C)cc1O. The second-order valence-corrected chi connectivity index (χ2v) is 12.5. The van der Waals surface area contributed by atoms with Crippen LogP contribution in [-0.4, -0.2) is 77.1 Å². The Morgan fingerprint density at radius 2 is 1.70 bits per heavy atom. The van der Waals surface area contributed by atoms with Crippen LogP contribution in [-0.2, 0) is 27.4 Å². The summed E-state index contributed by atoms with van der Waals surface area (Å²) in [4.78, 5) is 42.4. The number of phenolic OH excluding ortho intramolecular Hbond substituents is 1. The molecule has 1 aromatic heterocycles. The standard InChI is InChI=1S/C36H41N3O8/c1-23-18-31(44-5)28(26-14-15-39(32(23)26)35(43)47-36(2,3)4)20-37-16-17-38(34(42)46-22-24-10-8-7-9-11-24)21-29(37)25-12-13-27(30(40)19-25)33(41)45-6/h7-15,18-19,29,40H,16-17,20-22H2,1-6H3. The number of phenols is 1. The van der Waals surface area contributed by atoms with E-state index >= 15 is 0 Å². The van der Waals surface area contributed by atoms with Crippen molar-refractivity contribution in [3.05, 3.63) is 94.7 Å². The van der Waals surface area contributed by atoms with Crippen molar-refractivity contribution in [1.29, 1.82) is 0 Å². The van der Waals surface area contributed by atoms with Gasteiger partial charge in [0.2, 0.25) is 0 Å². The number of aryl methyl sites for hydroxylation is 1. The number of rotatable bonds is 7. The highest BCUT2D eigenvalue weighted by Gasteiger charge is 2.34. The van der Waals surface area contributed by atoms with Gasteiger partial charge in [0.15, 0.2) is 0 Å². The van der Waals surface area contributed by atoms with Crippen LogP contribution in [0.4, 0.5) is 9.59 Å². The Hall–Kier alpha value is -5.03. The second kappa shape index (κ2) is 13.8. The molecule has 1 amide bonds. The molecule has 1 N–H and O–H groups in total. The molecule has 0 bridgehead atoms. The number of benzene rings is 3. The molecule has 1 aliphatic rings. The van der Waals surface area contributed by atoms with E-state index in [1.165, 1.54) is 23.8 Å². The Morgan fingerprint density at radius 1 is 0.957 bits per heavy atom. The van der Waals surface area contributed by atoms with Crippen LogP contribution < -0.4 is 4.74 Å². The van der Waals surface area contributed by atoms with Crippen LogP contribution in [0.25, 0.3) is 10.9 Å². The van der Waals surface area contributed by atoms with Crippen LogP contribution >= 0.6 is 0 Å². The molecular weight excluding hydrogens is 602 g/mol. The number of amides is 1. The van der Waals surface area contributed by atoms with Gasteiger partial charge in [-0.15, -0.1) is 0 Å². The first-order valence-electron chi connectivity index (χ1n) is 15.4. The number of ether oxygens (including phenoxy) is 4. The summed E-state index contributed by atoms with van der Waals surface area (Å²) in [5.74, 6) is -0.214. The molecule has 4 aromatic rings. The maximum Gasteiger partial charge on any atom is 0.419 e. The van der Waals surface area contributed by atoms with Crippen LogP contribution in [0.2, 0.25) is 0 Å². The summed E-state index contributed by atoms with van der Waals surface area (Å²) < 4.78 is 23.5. The molecule has 11 nitrogen and oxygen atoms in total. The van der Waals surface area contributed by atoms with Gasteiger partial charge in [0.25, 0.3) is 0 Å². The number of carbonyl (C=O) groups excluding carboxylic acids is 3. The zero-order valence-electron chi connectivity index (χ0n) is 27.6. The zero-order chi connectivity index (χ0) is 33.9. The third-order valence-electron chi connectivity index (χ3n) is 8.17. The molecule has 1 unspecified atom stereocenters. The molecule has 0 aliphatic carbocycles. The van der Waals surface area contributed by atoms with Crippen molar-refractivity contribution in [2.75, 3.05) is 33.9 Å². The molecule has 0 spiro atoms. The molecular formula is C36H41N3O8. The summed E-state index contributed by atoms with van der Waals surface area (Å²) in [6, 6.07) is 17.7. The van der Waals surface area contributed by atoms with Crippen molar-refractivity contribution >= 4 is 29.1 Å². The third-order valence-corrected chi connectivity index (χ3v) is 8.17. The number of piperazine rings is 1. The second-order valence-electron chi connectivity index (χ2n) is 12.5. The number of hydrogen-bond acceptors (Lipinski definition) is 9. The van der Waals surface area contributed by atoms with Gasteiger partial charge in [0, 0.05) is 43.3 Å². The number of hydrogen-bond donors (Lipinski definition) is 1. The minimum atomic E-state index is -0.666. The van der Waals surface area contributed by atoms with Crippen molar-refractivity contribution in [1.82, 2.24) is 14.4 Å². The van der Waals surface area contributed by atoms with Gasteiger partial charge in [-0.25, -0.2) is 14.4 Å². The van der Waals surface area contributed by atoms with Crippen LogP contribution in [0, 0.1) is 6.92 Å². The predicted molar refractivity (Wildman–Crippen MR) is 176 cm³/mol. The summed E-state index contributed by atoms with van der Waals surface area (Å²) in [6.45, 7) is 9.06. The number of carbonyl (C=O) groups is 3. The minimum absolute atomic E-state index is 0.0446. The Labute approximate surface area is 274 Å². The lowest BCUT2D eigenvalue weighted by Crippen LogP contribution is -2.50. The van der Waals surface area contributed by atoms with Crippen LogP contribution in [0.5, 0.6) is 11.5 Å². The van der Waals surface area contributed by atoms with Crippen LogP contribution in [0.15, 0.2) is 66.9 Å². The fourth-order valence-corrected chi connectivity index (χ4v) is 5.92. The van der Waals surface area contributed by atoms with E-state index in [4.69, 9.17) is 18.9 Å². The zero-order valence-corrected chi connectivity index (χ0v) is 27.6. The Bertz CT molecular complexity index is 1780. The average Bonchev–Trinajstić information content (AvgIpc) is 3.50. The quantitative estimate of drug-likeness (QED) is 0.179. The largest absolute Gasteiger partial charge is 0.507 e. The van der Waals surface area contributed by atoms with Crippen LogP contribution in [0.1, 0.15) is 59.4 Å². The van der Waals surface area contributed by atoms with E-state index < -0.39 is 23.8 Å². The molecule has 11 heteroatoms. The lowest BCUT2D eigenvalue weighted by Gasteiger charge is -2.41. The Morgan fingerprint density at radius 3 is 2.36 bits per heavy atom. The number of fused-ring (bicyclic) bond motifs is 1. The molecule has 0 saturated carbocycles. The minimum Gasteiger partial charge on any atom is -0.507 e. The van der Waals surface area contributed by atoms with Gasteiger partial charge in [-0.05, 0) is 68.7 Å². The normalized spacial score (nSPS) is 15.4. The highest BCUT2D eigenvalue weighted by molar-refractivity contribution is 5.95. The lowest BCUT2D eigenvalue weighted by molar-refractivity contribution is 0.0433. The van der Waals surface area contributed by atoms with E-state index in [1.807, 2.05) is 70.2 Å². The number of aromatic nitrogens is 1. The monoisotopic (exact) mass is 643 g/mol. The summed E-state index contributed by atoms with van der Waals surface area (Å²) in [5.41, 5.74) is 3.38. The first-order chi connectivity index (χ1) is 22.4. The van der Waals surface area contributed by atoms with Crippen molar-refractivity contribution in [3.8, 4) is 11.5 Å². The smallest absolute Gasteiger partial charge is 0.419 e. The van der Waals surface area contributed by atoms with Crippen molar-refractivity contribution < 1.29 is 38.4 Å². The number of esters is 1. The Balaban J connectivity index is 1.49. The van der Waals surface area contributed by atoms with Gasteiger partial charge < -0.3 is 29.0 Å². The van der Waals surface area contributed by atoms with Crippen molar-refractivity contribution in [2.45, 2.75) is 52.5 Å². The van der Waals surface area contributed by atoms with E-state index in [0.29, 0.717) is 30.9 Å². The molecule has 3 aromatic carbocycles. The molecule has 1 atom stereocenters. The molecule has 0 radical (unpaired) electrons. The molecule has 1 aliphatic heterocycles. The summed E-state index contributed by atoms with van der Waals surface area (Å²) in [7, 11) is 2.86. The van der Waals surface area contributed by atoms with Gasteiger partial charge >= 0.3 is 18.2 Å². The summed E-state index contributed by atoms with van der Waals surface area (Å²) in [6.07, 6.45) is 0.781.